The van der Waals surface area contributed by atoms with Gasteiger partial charge in [-0.2, -0.15) is 0 Å². The van der Waals surface area contributed by atoms with Gasteiger partial charge in [-0.15, -0.1) is 0 Å². The maximum Gasteiger partial charge on any atom is 0.254 e. The number of rotatable bonds is 5. The summed E-state index contributed by atoms with van der Waals surface area (Å²) in [6, 6.07) is 12.8. The predicted molar refractivity (Wildman–Crippen MR) is 109 cm³/mol. The van der Waals surface area contributed by atoms with E-state index < -0.39 is 12.0 Å². The molecule has 4 rings (SSSR count). The SMILES string of the molecule is COCCN1C(=O)c2ccccc2C(C(=O)N2CCOCC2)C1c1ccc(F)cc1. The third-order valence-corrected chi connectivity index (χ3v) is 5.78. The van der Waals surface area contributed by atoms with Gasteiger partial charge in [-0.25, -0.2) is 4.39 Å². The minimum atomic E-state index is -0.584. The molecular weight excluding hydrogens is 387 g/mol. The summed E-state index contributed by atoms with van der Waals surface area (Å²) in [6.45, 7) is 2.68. The molecule has 2 aromatic rings. The Kier molecular flexibility index (Phi) is 6.11. The third-order valence-electron chi connectivity index (χ3n) is 5.78. The molecule has 1 saturated heterocycles. The predicted octanol–water partition coefficient (Wildman–Crippen LogP) is 2.61. The Morgan fingerprint density at radius 1 is 1.13 bits per heavy atom. The molecule has 158 valence electrons. The third kappa shape index (κ3) is 3.82. The molecule has 0 spiro atoms. The van der Waals surface area contributed by atoms with E-state index in [-0.39, 0.29) is 17.6 Å². The number of benzene rings is 2. The van der Waals surface area contributed by atoms with Crippen molar-refractivity contribution in [2.75, 3.05) is 46.6 Å². The average Bonchev–Trinajstić information content (AvgIpc) is 2.79. The minimum Gasteiger partial charge on any atom is -0.383 e. The second-order valence-electron chi connectivity index (χ2n) is 7.49. The number of amides is 2. The normalized spacial score (nSPS) is 21.5. The van der Waals surface area contributed by atoms with E-state index >= 15 is 0 Å². The first-order chi connectivity index (χ1) is 14.6. The van der Waals surface area contributed by atoms with Crippen molar-refractivity contribution in [1.82, 2.24) is 9.80 Å². The number of nitrogens with zero attached hydrogens (tertiary/aromatic N) is 2. The number of carbonyl (C=O) groups is 2. The van der Waals surface area contributed by atoms with Crippen LogP contribution >= 0.6 is 0 Å². The standard InChI is InChI=1S/C23H25FN2O4/c1-29-13-12-26-21(16-6-8-17(24)9-7-16)20(23(28)25-10-14-30-15-11-25)18-4-2-3-5-19(18)22(26)27/h2-9,20-21H,10-15H2,1H3. The van der Waals surface area contributed by atoms with E-state index in [1.807, 2.05) is 12.1 Å². The number of hydrogen-bond acceptors (Lipinski definition) is 4. The molecule has 0 aliphatic carbocycles. The van der Waals surface area contributed by atoms with Crippen molar-refractivity contribution < 1.29 is 23.5 Å². The molecule has 30 heavy (non-hydrogen) atoms. The molecule has 2 heterocycles. The van der Waals surface area contributed by atoms with Crippen LogP contribution in [0, 0.1) is 5.82 Å². The number of fused-ring (bicyclic) bond motifs is 1. The fourth-order valence-corrected chi connectivity index (χ4v) is 4.31. The lowest BCUT2D eigenvalue weighted by Gasteiger charge is -2.43. The second-order valence-corrected chi connectivity index (χ2v) is 7.49. The first-order valence-electron chi connectivity index (χ1n) is 10.1. The summed E-state index contributed by atoms with van der Waals surface area (Å²) >= 11 is 0. The molecule has 2 aliphatic rings. The van der Waals surface area contributed by atoms with E-state index in [1.165, 1.54) is 12.1 Å². The highest BCUT2D eigenvalue weighted by molar-refractivity contribution is 6.01. The number of ether oxygens (including phenoxy) is 2. The van der Waals surface area contributed by atoms with Gasteiger partial charge in [0.2, 0.25) is 5.91 Å². The van der Waals surface area contributed by atoms with Gasteiger partial charge in [-0.05, 0) is 29.3 Å². The lowest BCUT2D eigenvalue weighted by molar-refractivity contribution is -0.138. The summed E-state index contributed by atoms with van der Waals surface area (Å²) in [6.07, 6.45) is 0. The van der Waals surface area contributed by atoms with Gasteiger partial charge in [0.25, 0.3) is 5.91 Å². The molecule has 0 bridgehead atoms. The molecule has 6 nitrogen and oxygen atoms in total. The number of methoxy groups -OCH3 is 1. The van der Waals surface area contributed by atoms with E-state index in [4.69, 9.17) is 9.47 Å². The van der Waals surface area contributed by atoms with E-state index in [0.717, 1.165) is 5.56 Å². The fourth-order valence-electron chi connectivity index (χ4n) is 4.31. The number of morpholine rings is 1. The van der Waals surface area contributed by atoms with Gasteiger partial charge in [-0.1, -0.05) is 30.3 Å². The Labute approximate surface area is 175 Å². The summed E-state index contributed by atoms with van der Waals surface area (Å²) in [4.78, 5) is 30.6. The molecule has 2 aromatic carbocycles. The molecule has 0 N–H and O–H groups in total. The van der Waals surface area contributed by atoms with Crippen molar-refractivity contribution in [1.29, 1.82) is 0 Å². The van der Waals surface area contributed by atoms with Crippen LogP contribution in [-0.4, -0.2) is 68.2 Å². The van der Waals surface area contributed by atoms with Gasteiger partial charge in [0.15, 0.2) is 0 Å². The number of hydrogen-bond donors (Lipinski definition) is 0. The zero-order valence-electron chi connectivity index (χ0n) is 16.9. The maximum absolute atomic E-state index is 13.7. The van der Waals surface area contributed by atoms with Crippen LogP contribution in [-0.2, 0) is 14.3 Å². The summed E-state index contributed by atoms with van der Waals surface area (Å²) in [5.74, 6) is -1.14. The van der Waals surface area contributed by atoms with Gasteiger partial charge < -0.3 is 19.3 Å². The summed E-state index contributed by atoms with van der Waals surface area (Å²) in [5.41, 5.74) is 1.96. The Balaban J connectivity index is 1.84. The second kappa shape index (κ2) is 8.93. The highest BCUT2D eigenvalue weighted by Gasteiger charge is 2.45. The highest BCUT2D eigenvalue weighted by Crippen LogP contribution is 2.43. The van der Waals surface area contributed by atoms with Crippen LogP contribution < -0.4 is 0 Å². The van der Waals surface area contributed by atoms with Crippen molar-refractivity contribution in [2.45, 2.75) is 12.0 Å². The van der Waals surface area contributed by atoms with Gasteiger partial charge in [0.1, 0.15) is 5.82 Å². The smallest absolute Gasteiger partial charge is 0.254 e. The summed E-state index contributed by atoms with van der Waals surface area (Å²) in [5, 5.41) is 0. The molecule has 2 atom stereocenters. The van der Waals surface area contributed by atoms with E-state index in [1.54, 1.807) is 41.2 Å². The Morgan fingerprint density at radius 3 is 2.53 bits per heavy atom. The molecule has 2 amide bonds. The molecule has 0 saturated carbocycles. The first kappa shape index (κ1) is 20.5. The van der Waals surface area contributed by atoms with Gasteiger partial charge in [-0.3, -0.25) is 9.59 Å². The van der Waals surface area contributed by atoms with Crippen molar-refractivity contribution in [3.63, 3.8) is 0 Å². The summed E-state index contributed by atoms with van der Waals surface area (Å²) < 4.78 is 24.3. The molecule has 0 radical (unpaired) electrons. The molecule has 2 unspecified atom stereocenters. The lowest BCUT2D eigenvalue weighted by atomic mass is 9.78. The molecule has 2 aliphatic heterocycles. The molecular formula is C23H25FN2O4. The van der Waals surface area contributed by atoms with E-state index in [9.17, 15) is 14.0 Å². The molecule has 7 heteroatoms. The zero-order chi connectivity index (χ0) is 21.1. The van der Waals surface area contributed by atoms with Crippen molar-refractivity contribution in [2.24, 2.45) is 0 Å². The quantitative estimate of drug-likeness (QED) is 0.758. The Hall–Kier alpha value is -2.77. The van der Waals surface area contributed by atoms with Crippen LogP contribution in [0.3, 0.4) is 0 Å². The van der Waals surface area contributed by atoms with Gasteiger partial charge in [0, 0.05) is 32.3 Å². The van der Waals surface area contributed by atoms with Crippen molar-refractivity contribution >= 4 is 11.8 Å². The van der Waals surface area contributed by atoms with Crippen molar-refractivity contribution in [3.05, 3.63) is 71.0 Å². The van der Waals surface area contributed by atoms with Crippen LogP contribution in [0.2, 0.25) is 0 Å². The first-order valence-corrected chi connectivity index (χ1v) is 10.1. The maximum atomic E-state index is 13.7. The van der Waals surface area contributed by atoms with E-state index in [2.05, 4.69) is 0 Å². The van der Waals surface area contributed by atoms with Gasteiger partial charge >= 0.3 is 0 Å². The zero-order valence-corrected chi connectivity index (χ0v) is 16.9. The summed E-state index contributed by atoms with van der Waals surface area (Å²) in [7, 11) is 1.58. The van der Waals surface area contributed by atoms with Crippen LogP contribution in [0.25, 0.3) is 0 Å². The minimum absolute atomic E-state index is 0.0463. The van der Waals surface area contributed by atoms with Crippen LogP contribution in [0.5, 0.6) is 0 Å². The number of carbonyl (C=O) groups excluding carboxylic acids is 2. The molecule has 0 aromatic heterocycles. The van der Waals surface area contributed by atoms with Gasteiger partial charge in [0.05, 0.1) is 31.8 Å². The monoisotopic (exact) mass is 412 g/mol. The number of halogens is 1. The largest absolute Gasteiger partial charge is 0.383 e. The van der Waals surface area contributed by atoms with Crippen LogP contribution in [0.1, 0.15) is 33.4 Å². The Morgan fingerprint density at radius 2 is 1.83 bits per heavy atom. The van der Waals surface area contributed by atoms with Crippen molar-refractivity contribution in [3.8, 4) is 0 Å². The topological polar surface area (TPSA) is 59.1 Å². The Bertz CT molecular complexity index is 912. The highest BCUT2D eigenvalue weighted by atomic mass is 19.1. The van der Waals surface area contributed by atoms with Crippen LogP contribution in [0.15, 0.2) is 48.5 Å². The van der Waals surface area contributed by atoms with E-state index in [0.29, 0.717) is 50.6 Å². The lowest BCUT2D eigenvalue weighted by Crippen LogP contribution is -2.51. The fraction of sp³-hybridized carbons (Fsp3) is 0.391. The van der Waals surface area contributed by atoms with Crippen LogP contribution in [0.4, 0.5) is 4.39 Å². The average molecular weight is 412 g/mol. The molecule has 1 fully saturated rings.